The molecule has 10 heteroatoms. The number of alkyl carbamates (subject to hydrolysis) is 1. The fourth-order valence-electron chi connectivity index (χ4n) is 3.84. The molecule has 3 aromatic rings. The summed E-state index contributed by atoms with van der Waals surface area (Å²) in [6.07, 6.45) is -2.30. The molecule has 0 radical (unpaired) electrons. The van der Waals surface area contributed by atoms with Gasteiger partial charge in [0, 0.05) is 11.3 Å². The third-order valence-corrected chi connectivity index (χ3v) is 6.57. The number of carboxylic acid groups (broad SMARTS) is 1. The number of carbonyl (C=O) groups excluding carboxylic acids is 2. The molecule has 4 rings (SSSR count). The third-order valence-electron chi connectivity index (χ3n) is 5.54. The highest BCUT2D eigenvalue weighted by atomic mass is 32.1. The number of ether oxygens (including phenoxy) is 1. The van der Waals surface area contributed by atoms with Gasteiger partial charge in [0.2, 0.25) is 0 Å². The van der Waals surface area contributed by atoms with E-state index in [0.717, 1.165) is 22.3 Å². The Kier molecular flexibility index (Phi) is 6.90. The van der Waals surface area contributed by atoms with E-state index >= 15 is 0 Å². The zero-order valence-corrected chi connectivity index (χ0v) is 19.0. The summed E-state index contributed by atoms with van der Waals surface area (Å²) in [4.78, 5) is 39.4. The lowest BCUT2D eigenvalue weighted by Crippen LogP contribution is -2.36. The minimum absolute atomic E-state index is 0.0511. The summed E-state index contributed by atoms with van der Waals surface area (Å²) < 4.78 is 5.54. The number of nitrogens with one attached hydrogen (secondary N) is 2. The standard InChI is InChI=1S/C24H23N3O6S/c1-13(22-27-19(12-34-22)21(29)25-10-20(28)23(30)31)26-24(32)33-11-18-16-8-4-2-6-14(16)15-7-3-5-9-17(15)18/h2-9,12-13,18,20,28H,10-11H2,1H3,(H,25,29)(H,26,32)(H,30,31)/t13?,20-/m0/s1. The number of amides is 2. The molecule has 0 bridgehead atoms. The topological polar surface area (TPSA) is 138 Å². The van der Waals surface area contributed by atoms with Gasteiger partial charge in [-0.05, 0) is 29.2 Å². The number of carboxylic acids is 1. The Morgan fingerprint density at radius 2 is 1.71 bits per heavy atom. The molecular formula is C24H23N3O6S. The Labute approximate surface area is 199 Å². The molecule has 1 aliphatic carbocycles. The van der Waals surface area contributed by atoms with Gasteiger partial charge in [-0.15, -0.1) is 11.3 Å². The van der Waals surface area contributed by atoms with Crippen LogP contribution in [0.2, 0.25) is 0 Å². The quantitative estimate of drug-likeness (QED) is 0.388. The van der Waals surface area contributed by atoms with Gasteiger partial charge in [-0.1, -0.05) is 48.5 Å². The van der Waals surface area contributed by atoms with Crippen molar-refractivity contribution in [3.8, 4) is 11.1 Å². The molecule has 1 heterocycles. The van der Waals surface area contributed by atoms with Gasteiger partial charge in [-0.3, -0.25) is 4.79 Å². The summed E-state index contributed by atoms with van der Waals surface area (Å²) in [6.45, 7) is 1.47. The van der Waals surface area contributed by atoms with Crippen molar-refractivity contribution < 1.29 is 29.3 Å². The number of benzene rings is 2. The van der Waals surface area contributed by atoms with Gasteiger partial charge in [-0.25, -0.2) is 14.6 Å². The van der Waals surface area contributed by atoms with Crippen molar-refractivity contribution in [2.24, 2.45) is 0 Å². The number of carbonyl (C=O) groups is 3. The molecule has 2 aromatic carbocycles. The van der Waals surface area contributed by atoms with Crippen LogP contribution in [0.15, 0.2) is 53.9 Å². The molecule has 1 aliphatic rings. The van der Waals surface area contributed by atoms with Gasteiger partial charge in [0.1, 0.15) is 17.3 Å². The number of aliphatic carboxylic acids is 1. The Morgan fingerprint density at radius 1 is 1.09 bits per heavy atom. The van der Waals surface area contributed by atoms with E-state index in [2.05, 4.69) is 27.8 Å². The van der Waals surface area contributed by atoms with Crippen LogP contribution in [-0.4, -0.2) is 52.4 Å². The first-order chi connectivity index (χ1) is 16.3. The van der Waals surface area contributed by atoms with Crippen molar-refractivity contribution >= 4 is 29.3 Å². The first-order valence-corrected chi connectivity index (χ1v) is 11.5. The third kappa shape index (κ3) is 4.92. The minimum Gasteiger partial charge on any atom is -0.479 e. The van der Waals surface area contributed by atoms with Crippen molar-refractivity contribution in [1.29, 1.82) is 0 Å². The molecule has 9 nitrogen and oxygen atoms in total. The van der Waals surface area contributed by atoms with Crippen LogP contribution in [0.1, 0.15) is 45.5 Å². The lowest BCUT2D eigenvalue weighted by Gasteiger charge is -2.16. The van der Waals surface area contributed by atoms with Gasteiger partial charge >= 0.3 is 12.1 Å². The maximum Gasteiger partial charge on any atom is 0.407 e. The van der Waals surface area contributed by atoms with Crippen LogP contribution in [-0.2, 0) is 9.53 Å². The van der Waals surface area contributed by atoms with Gasteiger partial charge in [0.15, 0.2) is 6.10 Å². The molecule has 0 fully saturated rings. The minimum atomic E-state index is -1.70. The van der Waals surface area contributed by atoms with E-state index in [1.54, 1.807) is 6.92 Å². The molecule has 0 aliphatic heterocycles. The van der Waals surface area contributed by atoms with Gasteiger partial charge in [0.05, 0.1) is 12.6 Å². The number of hydrogen-bond donors (Lipinski definition) is 4. The Bertz CT molecular complexity index is 1180. The van der Waals surface area contributed by atoms with E-state index in [-0.39, 0.29) is 18.2 Å². The highest BCUT2D eigenvalue weighted by Gasteiger charge is 2.29. The number of nitrogens with zero attached hydrogens (tertiary/aromatic N) is 1. The largest absolute Gasteiger partial charge is 0.479 e. The van der Waals surface area contributed by atoms with E-state index < -0.39 is 36.7 Å². The maximum atomic E-state index is 12.5. The first kappa shape index (κ1) is 23.4. The average molecular weight is 482 g/mol. The van der Waals surface area contributed by atoms with Crippen molar-refractivity contribution in [1.82, 2.24) is 15.6 Å². The van der Waals surface area contributed by atoms with Gasteiger partial charge in [-0.2, -0.15) is 0 Å². The fraction of sp³-hybridized carbons (Fsp3) is 0.250. The van der Waals surface area contributed by atoms with Crippen LogP contribution < -0.4 is 10.6 Å². The lowest BCUT2D eigenvalue weighted by atomic mass is 9.98. The second-order valence-electron chi connectivity index (χ2n) is 7.83. The Balaban J connectivity index is 1.33. The van der Waals surface area contributed by atoms with Crippen molar-refractivity contribution in [3.63, 3.8) is 0 Å². The number of thiazole rings is 1. The van der Waals surface area contributed by atoms with E-state index in [1.807, 2.05) is 36.4 Å². The van der Waals surface area contributed by atoms with Crippen LogP contribution in [0.3, 0.4) is 0 Å². The number of aliphatic hydroxyl groups is 1. The highest BCUT2D eigenvalue weighted by Crippen LogP contribution is 2.44. The molecule has 34 heavy (non-hydrogen) atoms. The SMILES string of the molecule is CC(NC(=O)OCC1c2ccccc2-c2ccccc21)c1nc(C(=O)NC[C@H](O)C(=O)O)cs1. The van der Waals surface area contributed by atoms with E-state index in [4.69, 9.17) is 9.84 Å². The van der Waals surface area contributed by atoms with E-state index in [9.17, 15) is 19.5 Å². The molecule has 2 amide bonds. The highest BCUT2D eigenvalue weighted by molar-refractivity contribution is 7.09. The zero-order chi connectivity index (χ0) is 24.2. The monoisotopic (exact) mass is 481 g/mol. The summed E-state index contributed by atoms with van der Waals surface area (Å²) in [7, 11) is 0. The van der Waals surface area contributed by atoms with Crippen LogP contribution in [0.4, 0.5) is 4.79 Å². The maximum absolute atomic E-state index is 12.5. The zero-order valence-electron chi connectivity index (χ0n) is 18.2. The molecule has 0 saturated carbocycles. The van der Waals surface area contributed by atoms with Crippen molar-refractivity contribution in [2.75, 3.05) is 13.2 Å². The lowest BCUT2D eigenvalue weighted by molar-refractivity contribution is -0.146. The number of hydrogen-bond acceptors (Lipinski definition) is 7. The molecular weight excluding hydrogens is 458 g/mol. The molecule has 1 unspecified atom stereocenters. The van der Waals surface area contributed by atoms with Crippen LogP contribution in [0.5, 0.6) is 0 Å². The summed E-state index contributed by atoms with van der Waals surface area (Å²) in [5, 5.41) is 24.9. The number of aliphatic hydroxyl groups excluding tert-OH is 1. The molecule has 176 valence electrons. The van der Waals surface area contributed by atoms with Crippen LogP contribution in [0.25, 0.3) is 11.1 Å². The first-order valence-electron chi connectivity index (χ1n) is 10.6. The predicted molar refractivity (Wildman–Crippen MR) is 125 cm³/mol. The number of fused-ring (bicyclic) bond motifs is 3. The van der Waals surface area contributed by atoms with Gasteiger partial charge < -0.3 is 25.6 Å². The summed E-state index contributed by atoms with van der Waals surface area (Å²) in [5.74, 6) is -2.10. The smallest absolute Gasteiger partial charge is 0.407 e. The molecule has 0 spiro atoms. The molecule has 2 atom stereocenters. The molecule has 0 saturated heterocycles. The summed E-state index contributed by atoms with van der Waals surface area (Å²) >= 11 is 1.17. The van der Waals surface area contributed by atoms with Crippen molar-refractivity contribution in [2.45, 2.75) is 25.0 Å². The van der Waals surface area contributed by atoms with Crippen molar-refractivity contribution in [3.05, 3.63) is 75.7 Å². The number of aromatic nitrogens is 1. The number of rotatable bonds is 8. The van der Waals surface area contributed by atoms with Crippen LogP contribution in [0, 0.1) is 0 Å². The van der Waals surface area contributed by atoms with E-state index in [1.165, 1.54) is 16.7 Å². The summed E-state index contributed by atoms with van der Waals surface area (Å²) in [5.41, 5.74) is 4.59. The Hall–Kier alpha value is -3.76. The molecule has 1 aromatic heterocycles. The Morgan fingerprint density at radius 3 is 2.32 bits per heavy atom. The van der Waals surface area contributed by atoms with Gasteiger partial charge in [0.25, 0.3) is 5.91 Å². The fourth-order valence-corrected chi connectivity index (χ4v) is 4.64. The normalized spacial score (nSPS) is 13.9. The average Bonchev–Trinajstić information content (AvgIpc) is 3.45. The van der Waals surface area contributed by atoms with Crippen LogP contribution >= 0.6 is 11.3 Å². The second kappa shape index (κ2) is 10.0. The predicted octanol–water partition coefficient (Wildman–Crippen LogP) is 2.92. The molecule has 4 N–H and O–H groups in total. The summed E-state index contributed by atoms with van der Waals surface area (Å²) in [6, 6.07) is 15.6. The second-order valence-corrected chi connectivity index (χ2v) is 8.72. The van der Waals surface area contributed by atoms with E-state index in [0.29, 0.717) is 5.01 Å².